The van der Waals surface area contributed by atoms with Crippen molar-refractivity contribution in [1.82, 2.24) is 0 Å². The molecule has 1 aliphatic rings. The van der Waals surface area contributed by atoms with Crippen LogP contribution in [0.2, 0.25) is 0 Å². The smallest absolute Gasteiger partial charge is 0.339 e. The quantitative estimate of drug-likeness (QED) is 0.551. The van der Waals surface area contributed by atoms with E-state index in [1.54, 1.807) is 13.0 Å². The van der Waals surface area contributed by atoms with Crippen LogP contribution in [0.15, 0.2) is 18.2 Å². The van der Waals surface area contributed by atoms with Crippen LogP contribution < -0.4 is 0 Å². The molecule has 1 aromatic carbocycles. The lowest BCUT2D eigenvalue weighted by Gasteiger charge is -2.02. The van der Waals surface area contributed by atoms with Crippen molar-refractivity contribution in [3.05, 3.63) is 35.1 Å². The second-order valence-corrected chi connectivity index (χ2v) is 2.75. The van der Waals surface area contributed by atoms with Crippen molar-refractivity contribution in [2.75, 3.05) is 0 Å². The Morgan fingerprint density at radius 2 is 2.25 bits per heavy atom. The standard InChI is InChI=1S/C9H7FO2/c1-5-8-6(9(11)12-5)3-2-4-7(8)10/h2-5H,1H3/t5-/m0/s1. The van der Waals surface area contributed by atoms with Crippen LogP contribution in [0.1, 0.15) is 28.9 Å². The van der Waals surface area contributed by atoms with Crippen LogP contribution in [0.5, 0.6) is 0 Å². The highest BCUT2D eigenvalue weighted by molar-refractivity contribution is 5.93. The van der Waals surface area contributed by atoms with E-state index < -0.39 is 12.1 Å². The van der Waals surface area contributed by atoms with Gasteiger partial charge in [0.2, 0.25) is 0 Å². The Hall–Kier alpha value is -1.38. The second kappa shape index (κ2) is 2.30. The zero-order valence-electron chi connectivity index (χ0n) is 6.50. The third kappa shape index (κ3) is 0.826. The van der Waals surface area contributed by atoms with Crippen LogP contribution >= 0.6 is 0 Å². The Kier molecular flexibility index (Phi) is 1.40. The summed E-state index contributed by atoms with van der Waals surface area (Å²) in [5.74, 6) is -0.803. The third-order valence-corrected chi connectivity index (χ3v) is 1.96. The van der Waals surface area contributed by atoms with Crippen molar-refractivity contribution in [1.29, 1.82) is 0 Å². The molecule has 0 saturated heterocycles. The number of benzene rings is 1. The Balaban J connectivity index is 2.67. The molecule has 1 aromatic rings. The summed E-state index contributed by atoms with van der Waals surface area (Å²) in [6.07, 6.45) is -0.450. The topological polar surface area (TPSA) is 26.3 Å². The first-order chi connectivity index (χ1) is 5.70. The van der Waals surface area contributed by atoms with Crippen LogP contribution in [0, 0.1) is 5.82 Å². The average molecular weight is 166 g/mol. The SMILES string of the molecule is C[C@@H]1OC(=O)c2cccc(F)c21. The molecule has 2 rings (SSSR count). The number of hydrogen-bond acceptors (Lipinski definition) is 2. The highest BCUT2D eigenvalue weighted by Crippen LogP contribution is 2.31. The van der Waals surface area contributed by atoms with E-state index in [0.717, 1.165) is 0 Å². The summed E-state index contributed by atoms with van der Waals surface area (Å²) >= 11 is 0. The van der Waals surface area contributed by atoms with Gasteiger partial charge in [0.05, 0.1) is 5.56 Å². The van der Waals surface area contributed by atoms with Gasteiger partial charge in [0, 0.05) is 5.56 Å². The van der Waals surface area contributed by atoms with E-state index in [-0.39, 0.29) is 5.82 Å². The van der Waals surface area contributed by atoms with Crippen molar-refractivity contribution in [2.45, 2.75) is 13.0 Å². The van der Waals surface area contributed by atoms with E-state index >= 15 is 0 Å². The summed E-state index contributed by atoms with van der Waals surface area (Å²) in [6.45, 7) is 1.66. The summed E-state index contributed by atoms with van der Waals surface area (Å²) < 4.78 is 17.9. The van der Waals surface area contributed by atoms with Gasteiger partial charge in [-0.25, -0.2) is 9.18 Å². The van der Waals surface area contributed by atoms with E-state index in [1.807, 2.05) is 0 Å². The maximum Gasteiger partial charge on any atom is 0.339 e. The van der Waals surface area contributed by atoms with E-state index in [1.165, 1.54) is 12.1 Å². The molecule has 1 heterocycles. The van der Waals surface area contributed by atoms with Gasteiger partial charge in [-0.3, -0.25) is 0 Å². The molecule has 0 amide bonds. The first-order valence-corrected chi connectivity index (χ1v) is 3.69. The van der Waals surface area contributed by atoms with Crippen LogP contribution in [0.3, 0.4) is 0 Å². The molecule has 3 heteroatoms. The Bertz CT molecular complexity index is 346. The lowest BCUT2D eigenvalue weighted by atomic mass is 10.1. The van der Waals surface area contributed by atoms with Gasteiger partial charge >= 0.3 is 5.97 Å². The number of fused-ring (bicyclic) bond motifs is 1. The van der Waals surface area contributed by atoms with E-state index in [2.05, 4.69) is 0 Å². The summed E-state index contributed by atoms with van der Waals surface area (Å²) in [6, 6.07) is 4.41. The molecule has 0 radical (unpaired) electrons. The molecule has 0 spiro atoms. The van der Waals surface area contributed by atoms with Gasteiger partial charge in [-0.05, 0) is 19.1 Å². The molecule has 0 aliphatic carbocycles. The van der Waals surface area contributed by atoms with E-state index in [4.69, 9.17) is 4.74 Å². The summed E-state index contributed by atoms with van der Waals surface area (Å²) in [7, 11) is 0. The zero-order valence-corrected chi connectivity index (χ0v) is 6.50. The predicted octanol–water partition coefficient (Wildman–Crippen LogP) is 2.06. The van der Waals surface area contributed by atoms with Gasteiger partial charge in [-0.1, -0.05) is 6.07 Å². The number of carbonyl (C=O) groups is 1. The summed E-state index contributed by atoms with van der Waals surface area (Å²) in [5, 5.41) is 0. The molecule has 62 valence electrons. The third-order valence-electron chi connectivity index (χ3n) is 1.96. The highest BCUT2D eigenvalue weighted by atomic mass is 19.1. The van der Waals surface area contributed by atoms with Gasteiger partial charge in [0.25, 0.3) is 0 Å². The van der Waals surface area contributed by atoms with Crippen LogP contribution in [0.4, 0.5) is 4.39 Å². The molecular formula is C9H7FO2. The average Bonchev–Trinajstić information content (AvgIpc) is 2.29. The van der Waals surface area contributed by atoms with Crippen molar-refractivity contribution in [2.24, 2.45) is 0 Å². The largest absolute Gasteiger partial charge is 0.454 e. The van der Waals surface area contributed by atoms with Crippen LogP contribution in [-0.4, -0.2) is 5.97 Å². The van der Waals surface area contributed by atoms with Gasteiger partial charge < -0.3 is 4.74 Å². The molecule has 0 N–H and O–H groups in total. The fourth-order valence-corrected chi connectivity index (χ4v) is 1.41. The normalized spacial score (nSPS) is 20.5. The van der Waals surface area contributed by atoms with Crippen molar-refractivity contribution in [3.8, 4) is 0 Å². The molecule has 2 nitrogen and oxygen atoms in total. The number of ether oxygens (including phenoxy) is 1. The molecule has 0 fully saturated rings. The Labute approximate surface area is 69.0 Å². The second-order valence-electron chi connectivity index (χ2n) is 2.75. The van der Waals surface area contributed by atoms with Crippen molar-refractivity contribution < 1.29 is 13.9 Å². The number of hydrogen-bond donors (Lipinski definition) is 0. The van der Waals surface area contributed by atoms with Crippen molar-refractivity contribution in [3.63, 3.8) is 0 Å². The molecule has 0 bridgehead atoms. The van der Waals surface area contributed by atoms with E-state index in [0.29, 0.717) is 11.1 Å². The van der Waals surface area contributed by atoms with E-state index in [9.17, 15) is 9.18 Å². The fourth-order valence-electron chi connectivity index (χ4n) is 1.41. The Morgan fingerprint density at radius 1 is 1.50 bits per heavy atom. The first-order valence-electron chi connectivity index (χ1n) is 3.69. The number of rotatable bonds is 0. The fraction of sp³-hybridized carbons (Fsp3) is 0.222. The number of cyclic esters (lactones) is 1. The number of esters is 1. The lowest BCUT2D eigenvalue weighted by Crippen LogP contribution is -1.93. The van der Waals surface area contributed by atoms with Crippen molar-refractivity contribution >= 4 is 5.97 Å². The van der Waals surface area contributed by atoms with Crippen LogP contribution in [-0.2, 0) is 4.74 Å². The molecule has 12 heavy (non-hydrogen) atoms. The molecule has 0 unspecified atom stereocenters. The molecule has 1 atom stereocenters. The number of halogens is 1. The van der Waals surface area contributed by atoms with Gasteiger partial charge in [-0.15, -0.1) is 0 Å². The molecule has 1 aliphatic heterocycles. The van der Waals surface area contributed by atoms with Gasteiger partial charge in [-0.2, -0.15) is 0 Å². The highest BCUT2D eigenvalue weighted by Gasteiger charge is 2.30. The van der Waals surface area contributed by atoms with Crippen LogP contribution in [0.25, 0.3) is 0 Å². The molecule has 0 aromatic heterocycles. The minimum absolute atomic E-state index is 0.350. The molecule has 0 saturated carbocycles. The monoisotopic (exact) mass is 166 g/mol. The summed E-state index contributed by atoms with van der Waals surface area (Å²) in [5.41, 5.74) is 0.727. The summed E-state index contributed by atoms with van der Waals surface area (Å²) in [4.78, 5) is 11.0. The number of carbonyl (C=O) groups excluding carboxylic acids is 1. The minimum Gasteiger partial charge on any atom is -0.454 e. The first kappa shape index (κ1) is 7.28. The lowest BCUT2D eigenvalue weighted by molar-refractivity contribution is 0.0419. The predicted molar refractivity (Wildman–Crippen MR) is 40.2 cm³/mol. The minimum atomic E-state index is -0.450. The van der Waals surface area contributed by atoms with Gasteiger partial charge in [0.1, 0.15) is 11.9 Å². The zero-order chi connectivity index (χ0) is 8.72. The van der Waals surface area contributed by atoms with Gasteiger partial charge in [0.15, 0.2) is 0 Å². The maximum atomic E-state index is 13.1. The molecular weight excluding hydrogens is 159 g/mol. The maximum absolute atomic E-state index is 13.1. The Morgan fingerprint density at radius 3 is 2.92 bits per heavy atom.